The summed E-state index contributed by atoms with van der Waals surface area (Å²) in [7, 11) is 4.34. The molecule has 1 N–H and O–H groups in total. The van der Waals surface area contributed by atoms with Crippen molar-refractivity contribution >= 4 is 23.5 Å². The van der Waals surface area contributed by atoms with Crippen LogP contribution < -0.4 is 0 Å². The summed E-state index contributed by atoms with van der Waals surface area (Å²) in [5.41, 5.74) is 2.36. The van der Waals surface area contributed by atoms with Gasteiger partial charge in [0.2, 0.25) is 0 Å². The molecule has 0 aliphatic rings. The van der Waals surface area contributed by atoms with E-state index in [-0.39, 0.29) is 0 Å². The molecule has 0 fully saturated rings. The van der Waals surface area contributed by atoms with Crippen LogP contribution in [0.15, 0.2) is 6.07 Å². The predicted octanol–water partition coefficient (Wildman–Crippen LogP) is 2.78. The van der Waals surface area contributed by atoms with Crippen molar-refractivity contribution in [3.8, 4) is 0 Å². The largest absolute Gasteiger partial charge is 0.300 e. The zero-order valence-electron chi connectivity index (χ0n) is 13.9. The van der Waals surface area contributed by atoms with Crippen molar-refractivity contribution in [2.24, 2.45) is 0 Å². The van der Waals surface area contributed by atoms with Crippen LogP contribution in [0.2, 0.25) is 0 Å². The maximum atomic E-state index is 4.43. The first kappa shape index (κ1) is 18.9. The second kappa shape index (κ2) is 11.4. The molecule has 122 valence electrons. The summed E-state index contributed by atoms with van der Waals surface area (Å²) in [6.07, 6.45) is 0. The molecule has 0 radical (unpaired) electrons. The summed E-state index contributed by atoms with van der Waals surface area (Å²) >= 11 is 3.99. The van der Waals surface area contributed by atoms with E-state index >= 15 is 0 Å². The summed E-state index contributed by atoms with van der Waals surface area (Å²) in [4.78, 5) is 4.69. The van der Waals surface area contributed by atoms with E-state index in [1.54, 1.807) is 0 Å². The third-order valence-corrected chi connectivity index (χ3v) is 4.96. The molecule has 0 aromatic carbocycles. The molecule has 1 aromatic rings. The quantitative estimate of drug-likeness (QED) is 0.596. The lowest BCUT2D eigenvalue weighted by Crippen LogP contribution is -2.21. The molecular formula is C15H30N4S2. The lowest BCUT2D eigenvalue weighted by molar-refractivity contribution is 0.343. The van der Waals surface area contributed by atoms with Crippen LogP contribution in [0.3, 0.4) is 0 Å². The second-order valence-corrected chi connectivity index (χ2v) is 8.04. The van der Waals surface area contributed by atoms with Crippen LogP contribution in [-0.4, -0.2) is 70.2 Å². The smallest absolute Gasteiger partial charge is 0.0765 e. The summed E-state index contributed by atoms with van der Waals surface area (Å²) < 4.78 is 0. The van der Waals surface area contributed by atoms with Gasteiger partial charge in [-0.25, -0.2) is 0 Å². The SMILES string of the molecule is CCSCCN(C)Cc1cc(CN(C)CCSCC)[nH]n1. The number of nitrogens with one attached hydrogen (secondary N) is 1. The summed E-state index contributed by atoms with van der Waals surface area (Å²) in [6, 6.07) is 2.20. The Balaban J connectivity index is 2.28. The fraction of sp³-hybridized carbons (Fsp3) is 0.800. The fourth-order valence-electron chi connectivity index (χ4n) is 2.03. The highest BCUT2D eigenvalue weighted by atomic mass is 32.2. The molecule has 21 heavy (non-hydrogen) atoms. The first-order chi connectivity index (χ1) is 10.2. The highest BCUT2D eigenvalue weighted by molar-refractivity contribution is 7.99. The molecule has 0 aliphatic carbocycles. The third kappa shape index (κ3) is 8.76. The summed E-state index contributed by atoms with van der Waals surface area (Å²) in [5, 5.41) is 7.60. The Hall–Kier alpha value is -0.170. The van der Waals surface area contributed by atoms with Crippen LogP contribution in [0.1, 0.15) is 25.2 Å². The molecule has 0 saturated heterocycles. The number of aromatic amines is 1. The van der Waals surface area contributed by atoms with Crippen LogP contribution in [0.5, 0.6) is 0 Å². The molecule has 1 rings (SSSR count). The Bertz CT molecular complexity index is 338. The molecule has 0 bridgehead atoms. The molecule has 1 heterocycles. The van der Waals surface area contributed by atoms with E-state index in [0.29, 0.717) is 0 Å². The Kier molecular flexibility index (Phi) is 10.3. The second-order valence-electron chi connectivity index (χ2n) is 5.25. The van der Waals surface area contributed by atoms with E-state index in [0.717, 1.165) is 31.9 Å². The molecule has 0 aliphatic heterocycles. The number of hydrogen-bond acceptors (Lipinski definition) is 5. The molecule has 0 unspecified atom stereocenters. The van der Waals surface area contributed by atoms with E-state index in [9.17, 15) is 0 Å². The normalized spacial score (nSPS) is 11.7. The summed E-state index contributed by atoms with van der Waals surface area (Å²) in [5.74, 6) is 4.79. The Morgan fingerprint density at radius 3 is 2.14 bits per heavy atom. The van der Waals surface area contributed by atoms with Gasteiger partial charge in [-0.05, 0) is 31.7 Å². The number of thioether (sulfide) groups is 2. The maximum absolute atomic E-state index is 4.43. The minimum absolute atomic E-state index is 0.927. The highest BCUT2D eigenvalue weighted by Gasteiger charge is 2.07. The molecule has 0 atom stereocenters. The third-order valence-electron chi connectivity index (χ3n) is 3.20. The van der Waals surface area contributed by atoms with Crippen LogP contribution in [0, 0.1) is 0 Å². The Morgan fingerprint density at radius 2 is 1.57 bits per heavy atom. The number of nitrogens with zero attached hydrogens (tertiary/aromatic N) is 3. The van der Waals surface area contributed by atoms with Crippen molar-refractivity contribution in [3.63, 3.8) is 0 Å². The highest BCUT2D eigenvalue weighted by Crippen LogP contribution is 2.07. The van der Waals surface area contributed by atoms with Crippen molar-refractivity contribution in [3.05, 3.63) is 17.5 Å². The van der Waals surface area contributed by atoms with E-state index in [2.05, 4.69) is 54.0 Å². The number of hydrogen-bond donors (Lipinski definition) is 1. The van der Waals surface area contributed by atoms with Crippen molar-refractivity contribution < 1.29 is 0 Å². The lowest BCUT2D eigenvalue weighted by atomic mass is 10.3. The van der Waals surface area contributed by atoms with Gasteiger partial charge in [0.15, 0.2) is 0 Å². The minimum Gasteiger partial charge on any atom is -0.300 e. The average molecular weight is 331 g/mol. The fourth-order valence-corrected chi connectivity index (χ4v) is 3.49. The van der Waals surface area contributed by atoms with Gasteiger partial charge in [-0.3, -0.25) is 14.9 Å². The van der Waals surface area contributed by atoms with Crippen LogP contribution in [0.4, 0.5) is 0 Å². The van der Waals surface area contributed by atoms with Gasteiger partial charge in [0, 0.05) is 43.4 Å². The first-order valence-corrected chi connectivity index (χ1v) is 10.0. The maximum Gasteiger partial charge on any atom is 0.0765 e. The van der Waals surface area contributed by atoms with Crippen molar-refractivity contribution in [2.45, 2.75) is 26.9 Å². The number of aromatic nitrogens is 2. The molecule has 6 heteroatoms. The van der Waals surface area contributed by atoms with E-state index in [1.165, 1.54) is 28.7 Å². The number of rotatable bonds is 12. The van der Waals surface area contributed by atoms with Gasteiger partial charge in [0.1, 0.15) is 0 Å². The van der Waals surface area contributed by atoms with Gasteiger partial charge in [-0.2, -0.15) is 28.6 Å². The molecule has 0 spiro atoms. The predicted molar refractivity (Wildman–Crippen MR) is 97.3 cm³/mol. The molecule has 1 aromatic heterocycles. The van der Waals surface area contributed by atoms with E-state index in [4.69, 9.17) is 0 Å². The summed E-state index contributed by atoms with van der Waals surface area (Å²) in [6.45, 7) is 8.54. The van der Waals surface area contributed by atoms with Crippen molar-refractivity contribution in [1.29, 1.82) is 0 Å². The van der Waals surface area contributed by atoms with Gasteiger partial charge in [0.05, 0.1) is 5.69 Å². The topological polar surface area (TPSA) is 35.2 Å². The zero-order valence-corrected chi connectivity index (χ0v) is 15.5. The van der Waals surface area contributed by atoms with Gasteiger partial charge >= 0.3 is 0 Å². The zero-order chi connectivity index (χ0) is 15.5. The van der Waals surface area contributed by atoms with Crippen LogP contribution in [0.25, 0.3) is 0 Å². The number of H-pyrrole nitrogens is 1. The van der Waals surface area contributed by atoms with Gasteiger partial charge in [-0.15, -0.1) is 0 Å². The average Bonchev–Trinajstić information content (AvgIpc) is 2.86. The van der Waals surface area contributed by atoms with Gasteiger partial charge in [0.25, 0.3) is 0 Å². The standard InChI is InChI=1S/C15H30N4S2/c1-5-20-9-7-18(3)12-14-11-15(17-16-14)13-19(4)8-10-21-6-2/h11H,5-10,12-13H2,1-4H3,(H,16,17). The molecule has 0 saturated carbocycles. The Labute approximate surface area is 138 Å². The first-order valence-electron chi connectivity index (χ1n) is 7.71. The molecule has 0 amide bonds. The van der Waals surface area contributed by atoms with Gasteiger partial charge < -0.3 is 0 Å². The van der Waals surface area contributed by atoms with Crippen LogP contribution >= 0.6 is 23.5 Å². The van der Waals surface area contributed by atoms with E-state index < -0.39 is 0 Å². The van der Waals surface area contributed by atoms with Crippen molar-refractivity contribution in [1.82, 2.24) is 20.0 Å². The monoisotopic (exact) mass is 330 g/mol. The van der Waals surface area contributed by atoms with Crippen molar-refractivity contribution in [2.75, 3.05) is 50.2 Å². The van der Waals surface area contributed by atoms with Crippen LogP contribution in [-0.2, 0) is 13.1 Å². The molecular weight excluding hydrogens is 300 g/mol. The lowest BCUT2D eigenvalue weighted by Gasteiger charge is -2.15. The van der Waals surface area contributed by atoms with E-state index in [1.807, 2.05) is 23.5 Å². The molecule has 4 nitrogen and oxygen atoms in total. The minimum atomic E-state index is 0.927. The Morgan fingerprint density at radius 1 is 1.00 bits per heavy atom. The van der Waals surface area contributed by atoms with Gasteiger partial charge in [-0.1, -0.05) is 13.8 Å².